The van der Waals surface area contributed by atoms with E-state index in [-0.39, 0.29) is 5.75 Å². The molecular weight excluding hydrogens is 244 g/mol. The van der Waals surface area contributed by atoms with Crippen molar-refractivity contribution in [2.75, 3.05) is 30.1 Å². The van der Waals surface area contributed by atoms with Crippen molar-refractivity contribution in [2.24, 2.45) is 0 Å². The van der Waals surface area contributed by atoms with Crippen LogP contribution >= 0.6 is 11.8 Å². The van der Waals surface area contributed by atoms with Crippen LogP contribution in [0.25, 0.3) is 0 Å². The van der Waals surface area contributed by atoms with Gasteiger partial charge in [0.2, 0.25) is 0 Å². The number of nitrogens with one attached hydrogen (secondary N) is 1. The molecule has 1 aromatic heterocycles. The fourth-order valence-corrected chi connectivity index (χ4v) is 3.29. The van der Waals surface area contributed by atoms with Gasteiger partial charge in [0.15, 0.2) is 0 Å². The Morgan fingerprint density at radius 2 is 2.19 bits per heavy atom. The highest BCUT2D eigenvalue weighted by Gasteiger charge is 2.02. The smallest absolute Gasteiger partial charge is 0.148 e. The highest BCUT2D eigenvalue weighted by molar-refractivity contribution is 7.99. The van der Waals surface area contributed by atoms with Crippen LogP contribution in [0.5, 0.6) is 0 Å². The van der Waals surface area contributed by atoms with Crippen molar-refractivity contribution in [1.29, 1.82) is 0 Å². The molecule has 1 N–H and O–H groups in total. The van der Waals surface area contributed by atoms with Gasteiger partial charge in [-0.05, 0) is 11.6 Å². The number of pyridine rings is 1. The molecule has 0 fully saturated rings. The second-order valence-electron chi connectivity index (χ2n) is 3.48. The molecule has 0 radical (unpaired) electrons. The number of nitrogens with zero attached hydrogens (tertiary/aromatic N) is 1. The van der Waals surface area contributed by atoms with E-state index in [2.05, 4.69) is 10.3 Å². The predicted octanol–water partition coefficient (Wildman–Crippen LogP) is 1.40. The van der Waals surface area contributed by atoms with Gasteiger partial charge >= 0.3 is 0 Å². The molecule has 1 rings (SSSR count). The van der Waals surface area contributed by atoms with E-state index in [1.54, 1.807) is 18.0 Å². The van der Waals surface area contributed by atoms with Crippen molar-refractivity contribution in [3.05, 3.63) is 23.9 Å². The number of hydrogen-bond acceptors (Lipinski definition) is 5. The monoisotopic (exact) mass is 260 g/mol. The van der Waals surface area contributed by atoms with Crippen molar-refractivity contribution in [1.82, 2.24) is 4.98 Å². The Kier molecular flexibility index (Phi) is 5.08. The van der Waals surface area contributed by atoms with E-state index < -0.39 is 9.84 Å². The highest BCUT2D eigenvalue weighted by atomic mass is 32.2. The SMILES string of the molecule is CNc1ccc(CSCCS(C)(=O)=O)cn1. The van der Waals surface area contributed by atoms with Gasteiger partial charge in [-0.2, -0.15) is 11.8 Å². The summed E-state index contributed by atoms with van der Waals surface area (Å²) in [5, 5.41) is 2.94. The number of aromatic nitrogens is 1. The third-order valence-corrected chi connectivity index (χ3v) is 4.18. The van der Waals surface area contributed by atoms with Gasteiger partial charge in [-0.15, -0.1) is 0 Å². The lowest BCUT2D eigenvalue weighted by Gasteiger charge is -2.02. The number of anilines is 1. The van der Waals surface area contributed by atoms with Crippen LogP contribution in [0.15, 0.2) is 18.3 Å². The van der Waals surface area contributed by atoms with Gasteiger partial charge in [0, 0.05) is 31.0 Å². The number of sulfone groups is 1. The maximum Gasteiger partial charge on any atom is 0.148 e. The number of rotatable bonds is 6. The minimum Gasteiger partial charge on any atom is -0.373 e. The largest absolute Gasteiger partial charge is 0.373 e. The predicted molar refractivity (Wildman–Crippen MR) is 69.7 cm³/mol. The average Bonchev–Trinajstić information content (AvgIpc) is 2.24. The summed E-state index contributed by atoms with van der Waals surface area (Å²) in [6.07, 6.45) is 3.07. The van der Waals surface area contributed by atoms with Crippen molar-refractivity contribution >= 4 is 27.4 Å². The normalized spacial score (nSPS) is 11.4. The summed E-state index contributed by atoms with van der Waals surface area (Å²) >= 11 is 1.61. The summed E-state index contributed by atoms with van der Waals surface area (Å²) in [5.41, 5.74) is 1.11. The minimum absolute atomic E-state index is 0.236. The molecule has 16 heavy (non-hydrogen) atoms. The van der Waals surface area contributed by atoms with Gasteiger partial charge in [0.1, 0.15) is 15.7 Å². The summed E-state index contributed by atoms with van der Waals surface area (Å²) in [6.45, 7) is 0. The second-order valence-corrected chi connectivity index (χ2v) is 6.85. The van der Waals surface area contributed by atoms with Gasteiger partial charge < -0.3 is 5.32 Å². The zero-order valence-electron chi connectivity index (χ0n) is 9.43. The Labute approximate surface area is 101 Å². The molecule has 0 saturated heterocycles. The van der Waals surface area contributed by atoms with E-state index in [0.29, 0.717) is 5.75 Å². The first-order valence-corrected chi connectivity index (χ1v) is 8.11. The van der Waals surface area contributed by atoms with Crippen molar-refractivity contribution < 1.29 is 8.42 Å². The molecule has 0 unspecified atom stereocenters. The lowest BCUT2D eigenvalue weighted by atomic mass is 10.3. The lowest BCUT2D eigenvalue weighted by molar-refractivity contribution is 0.603. The summed E-state index contributed by atoms with van der Waals surface area (Å²) in [4.78, 5) is 4.18. The van der Waals surface area contributed by atoms with Crippen LogP contribution in [0.3, 0.4) is 0 Å². The third-order valence-electron chi connectivity index (χ3n) is 1.95. The van der Waals surface area contributed by atoms with Gasteiger partial charge in [-0.3, -0.25) is 0 Å². The molecule has 6 heteroatoms. The molecule has 0 aliphatic rings. The van der Waals surface area contributed by atoms with Gasteiger partial charge in [-0.25, -0.2) is 13.4 Å². The van der Waals surface area contributed by atoms with E-state index in [1.807, 2.05) is 19.2 Å². The quantitative estimate of drug-likeness (QED) is 0.784. The van der Waals surface area contributed by atoms with Crippen LogP contribution in [-0.4, -0.2) is 38.2 Å². The molecule has 1 heterocycles. The first-order chi connectivity index (χ1) is 7.51. The van der Waals surface area contributed by atoms with Crippen LogP contribution in [0, 0.1) is 0 Å². The molecule has 0 atom stereocenters. The van der Waals surface area contributed by atoms with Crippen molar-refractivity contribution in [3.8, 4) is 0 Å². The number of thioether (sulfide) groups is 1. The van der Waals surface area contributed by atoms with Crippen molar-refractivity contribution in [3.63, 3.8) is 0 Å². The zero-order valence-corrected chi connectivity index (χ0v) is 11.1. The van der Waals surface area contributed by atoms with Crippen LogP contribution < -0.4 is 5.32 Å². The Hall–Kier alpha value is -0.750. The molecule has 0 amide bonds. The molecule has 0 saturated carbocycles. The maximum absolute atomic E-state index is 10.9. The van der Waals surface area contributed by atoms with Crippen LogP contribution in [0.4, 0.5) is 5.82 Å². The summed E-state index contributed by atoms with van der Waals surface area (Å²) in [7, 11) is -1.01. The average molecular weight is 260 g/mol. The topological polar surface area (TPSA) is 59.1 Å². The lowest BCUT2D eigenvalue weighted by Crippen LogP contribution is -2.05. The van der Waals surface area contributed by atoms with E-state index in [4.69, 9.17) is 0 Å². The molecule has 4 nitrogen and oxygen atoms in total. The second kappa shape index (κ2) is 6.10. The van der Waals surface area contributed by atoms with E-state index >= 15 is 0 Å². The standard InChI is InChI=1S/C10H16N2O2S2/c1-11-10-4-3-9(7-12-10)8-15-5-6-16(2,13)14/h3-4,7H,5-6,8H2,1-2H3,(H,11,12). The first-order valence-electron chi connectivity index (χ1n) is 4.89. The fraction of sp³-hybridized carbons (Fsp3) is 0.500. The van der Waals surface area contributed by atoms with E-state index in [9.17, 15) is 8.42 Å². The number of hydrogen-bond donors (Lipinski definition) is 1. The van der Waals surface area contributed by atoms with Crippen LogP contribution in [0.2, 0.25) is 0 Å². The van der Waals surface area contributed by atoms with E-state index in [1.165, 1.54) is 6.26 Å². The third kappa shape index (κ3) is 5.37. The Bertz CT molecular complexity index is 415. The Balaban J connectivity index is 2.32. The maximum atomic E-state index is 10.9. The van der Waals surface area contributed by atoms with Gasteiger partial charge in [0.25, 0.3) is 0 Å². The zero-order chi connectivity index (χ0) is 12.0. The Morgan fingerprint density at radius 3 is 2.69 bits per heavy atom. The highest BCUT2D eigenvalue weighted by Crippen LogP contribution is 2.13. The summed E-state index contributed by atoms with van der Waals surface area (Å²) < 4.78 is 21.8. The van der Waals surface area contributed by atoms with Crippen molar-refractivity contribution in [2.45, 2.75) is 5.75 Å². The molecule has 1 aromatic rings. The molecule has 0 aliphatic heterocycles. The van der Waals surface area contributed by atoms with Crippen LogP contribution in [0.1, 0.15) is 5.56 Å². The molecular formula is C10H16N2O2S2. The van der Waals surface area contributed by atoms with E-state index in [0.717, 1.165) is 17.1 Å². The molecule has 0 spiro atoms. The molecule has 0 aliphatic carbocycles. The first kappa shape index (κ1) is 13.3. The molecule has 0 bridgehead atoms. The Morgan fingerprint density at radius 1 is 1.44 bits per heavy atom. The van der Waals surface area contributed by atoms with Gasteiger partial charge in [-0.1, -0.05) is 6.07 Å². The summed E-state index contributed by atoms with van der Waals surface area (Å²) in [6, 6.07) is 3.90. The van der Waals surface area contributed by atoms with Crippen LogP contribution in [-0.2, 0) is 15.6 Å². The van der Waals surface area contributed by atoms with Gasteiger partial charge in [0.05, 0.1) is 5.75 Å². The fourth-order valence-electron chi connectivity index (χ4n) is 1.06. The minimum atomic E-state index is -2.84. The summed E-state index contributed by atoms with van der Waals surface area (Å²) in [5.74, 6) is 2.50. The molecule has 90 valence electrons. The molecule has 0 aromatic carbocycles.